The van der Waals surface area contributed by atoms with Crippen molar-refractivity contribution in [1.29, 1.82) is 0 Å². The Morgan fingerprint density at radius 3 is 2.65 bits per heavy atom. The van der Waals surface area contributed by atoms with Gasteiger partial charge in [-0.1, -0.05) is 37.8 Å². The van der Waals surface area contributed by atoms with Crippen LogP contribution in [0, 0.1) is 6.92 Å². The van der Waals surface area contributed by atoms with Crippen molar-refractivity contribution in [3.05, 3.63) is 29.6 Å². The second kappa shape index (κ2) is 6.17. The van der Waals surface area contributed by atoms with Crippen LogP contribution < -0.4 is 0 Å². The Balaban J connectivity index is 2.10. The molecule has 3 rings (SSSR count). The van der Waals surface area contributed by atoms with Gasteiger partial charge in [-0.2, -0.15) is 0 Å². The van der Waals surface area contributed by atoms with Gasteiger partial charge in [0, 0.05) is 18.3 Å². The summed E-state index contributed by atoms with van der Waals surface area (Å²) in [5.41, 5.74) is 3.74. The molecule has 20 heavy (non-hydrogen) atoms. The Labute approximate surface area is 126 Å². The van der Waals surface area contributed by atoms with E-state index in [1.54, 1.807) is 0 Å². The molecule has 0 unspecified atom stereocenters. The average molecular weight is 291 g/mol. The molecule has 1 aromatic heterocycles. The van der Waals surface area contributed by atoms with Gasteiger partial charge in [0.2, 0.25) is 0 Å². The van der Waals surface area contributed by atoms with Gasteiger partial charge in [-0.05, 0) is 31.4 Å². The number of aryl methyl sites for hydroxylation is 2. The molecule has 0 spiro atoms. The number of rotatable bonds is 3. The largest absolute Gasteiger partial charge is 0.325 e. The standard InChI is InChI=1S/C17H23ClN2/c1-13-7-6-10-15-17(13)19-16(11-12-18)20(15)14-8-4-2-3-5-9-14/h6-7,10,14H,2-5,8-9,11-12H2,1H3. The van der Waals surface area contributed by atoms with Crippen LogP contribution in [0.5, 0.6) is 0 Å². The van der Waals surface area contributed by atoms with Crippen molar-refractivity contribution in [3.63, 3.8) is 0 Å². The molecule has 1 aliphatic rings. The molecule has 2 nitrogen and oxygen atoms in total. The maximum atomic E-state index is 5.99. The summed E-state index contributed by atoms with van der Waals surface area (Å²) in [6.45, 7) is 2.15. The average Bonchev–Trinajstić information content (AvgIpc) is 2.63. The van der Waals surface area contributed by atoms with E-state index in [9.17, 15) is 0 Å². The first-order valence-corrected chi connectivity index (χ1v) is 8.37. The third kappa shape index (κ3) is 2.58. The molecule has 1 aliphatic carbocycles. The van der Waals surface area contributed by atoms with Crippen LogP contribution in [0.2, 0.25) is 0 Å². The van der Waals surface area contributed by atoms with Gasteiger partial charge in [0.15, 0.2) is 0 Å². The summed E-state index contributed by atoms with van der Waals surface area (Å²) in [6, 6.07) is 7.13. The lowest BCUT2D eigenvalue weighted by Gasteiger charge is -2.20. The minimum absolute atomic E-state index is 0.613. The zero-order valence-corrected chi connectivity index (χ0v) is 13.0. The molecule has 1 fully saturated rings. The second-order valence-electron chi connectivity index (χ2n) is 5.93. The third-order valence-electron chi connectivity index (χ3n) is 4.50. The first-order valence-electron chi connectivity index (χ1n) is 7.83. The zero-order valence-electron chi connectivity index (χ0n) is 12.2. The molecule has 0 saturated heterocycles. The summed E-state index contributed by atoms with van der Waals surface area (Å²) in [4.78, 5) is 4.89. The molecule has 0 bridgehead atoms. The highest BCUT2D eigenvalue weighted by atomic mass is 35.5. The number of imidazole rings is 1. The van der Waals surface area contributed by atoms with Gasteiger partial charge in [-0.15, -0.1) is 11.6 Å². The van der Waals surface area contributed by atoms with E-state index < -0.39 is 0 Å². The fourth-order valence-electron chi connectivity index (χ4n) is 3.49. The molecule has 0 atom stereocenters. The van der Waals surface area contributed by atoms with Crippen molar-refractivity contribution in [1.82, 2.24) is 9.55 Å². The number of alkyl halides is 1. The molecular formula is C17H23ClN2. The topological polar surface area (TPSA) is 17.8 Å². The van der Waals surface area contributed by atoms with Crippen LogP contribution in [0.15, 0.2) is 18.2 Å². The van der Waals surface area contributed by atoms with E-state index in [0.29, 0.717) is 11.9 Å². The molecule has 0 aliphatic heterocycles. The molecule has 0 N–H and O–H groups in total. The molecule has 3 heteroatoms. The van der Waals surface area contributed by atoms with Crippen molar-refractivity contribution in [2.75, 3.05) is 5.88 Å². The quantitative estimate of drug-likeness (QED) is 0.573. The van der Waals surface area contributed by atoms with Crippen molar-refractivity contribution < 1.29 is 0 Å². The van der Waals surface area contributed by atoms with Gasteiger partial charge in [-0.25, -0.2) is 4.98 Å². The molecule has 1 aromatic carbocycles. The number of hydrogen-bond donors (Lipinski definition) is 0. The zero-order chi connectivity index (χ0) is 13.9. The number of fused-ring (bicyclic) bond motifs is 1. The molecular weight excluding hydrogens is 268 g/mol. The fraction of sp³-hybridized carbons (Fsp3) is 0.588. The number of nitrogens with zero attached hydrogens (tertiary/aromatic N) is 2. The third-order valence-corrected chi connectivity index (χ3v) is 4.69. The highest BCUT2D eigenvalue weighted by Gasteiger charge is 2.20. The van der Waals surface area contributed by atoms with Crippen LogP contribution in [0.3, 0.4) is 0 Å². The lowest BCUT2D eigenvalue weighted by Crippen LogP contribution is -2.12. The molecule has 0 radical (unpaired) electrons. The Bertz CT molecular complexity index is 580. The number of halogens is 1. The van der Waals surface area contributed by atoms with Gasteiger partial charge in [0.05, 0.1) is 11.0 Å². The normalized spacial score (nSPS) is 17.5. The Kier molecular flexibility index (Phi) is 4.30. The molecule has 0 amide bonds. The summed E-state index contributed by atoms with van der Waals surface area (Å²) in [5.74, 6) is 1.82. The van der Waals surface area contributed by atoms with E-state index >= 15 is 0 Å². The summed E-state index contributed by atoms with van der Waals surface area (Å²) in [7, 11) is 0. The summed E-state index contributed by atoms with van der Waals surface area (Å²) < 4.78 is 2.50. The van der Waals surface area contributed by atoms with Gasteiger partial charge in [-0.3, -0.25) is 0 Å². The van der Waals surface area contributed by atoms with Crippen molar-refractivity contribution in [2.24, 2.45) is 0 Å². The Morgan fingerprint density at radius 1 is 1.20 bits per heavy atom. The fourth-order valence-corrected chi connectivity index (χ4v) is 3.66. The minimum Gasteiger partial charge on any atom is -0.325 e. The van der Waals surface area contributed by atoms with Crippen LogP contribution in [0.4, 0.5) is 0 Å². The molecule has 108 valence electrons. The minimum atomic E-state index is 0.613. The summed E-state index contributed by atoms with van der Waals surface area (Å²) >= 11 is 5.99. The second-order valence-corrected chi connectivity index (χ2v) is 6.30. The first kappa shape index (κ1) is 13.9. The maximum absolute atomic E-state index is 5.99. The SMILES string of the molecule is Cc1cccc2c1nc(CCCl)n2C1CCCCCC1. The Morgan fingerprint density at radius 2 is 1.95 bits per heavy atom. The van der Waals surface area contributed by atoms with Crippen molar-refractivity contribution in [2.45, 2.75) is 57.9 Å². The van der Waals surface area contributed by atoms with E-state index in [2.05, 4.69) is 29.7 Å². The van der Waals surface area contributed by atoms with E-state index in [4.69, 9.17) is 16.6 Å². The van der Waals surface area contributed by atoms with Crippen LogP contribution in [0.1, 0.15) is 56.0 Å². The van der Waals surface area contributed by atoms with E-state index in [-0.39, 0.29) is 0 Å². The summed E-state index contributed by atoms with van der Waals surface area (Å²) in [5, 5.41) is 0. The number of hydrogen-bond acceptors (Lipinski definition) is 1. The van der Waals surface area contributed by atoms with Crippen LogP contribution in [-0.4, -0.2) is 15.4 Å². The highest BCUT2D eigenvalue weighted by Crippen LogP contribution is 2.32. The first-order chi connectivity index (χ1) is 9.81. The molecule has 1 saturated carbocycles. The Hall–Kier alpha value is -1.02. The lowest BCUT2D eigenvalue weighted by atomic mass is 10.1. The van der Waals surface area contributed by atoms with Crippen LogP contribution in [-0.2, 0) is 6.42 Å². The summed E-state index contributed by atoms with van der Waals surface area (Å²) in [6.07, 6.45) is 8.89. The lowest BCUT2D eigenvalue weighted by molar-refractivity contribution is 0.441. The van der Waals surface area contributed by atoms with Gasteiger partial charge in [0.25, 0.3) is 0 Å². The van der Waals surface area contributed by atoms with E-state index in [1.165, 1.54) is 55.4 Å². The predicted octanol–water partition coefficient (Wildman–Crippen LogP) is 5.02. The van der Waals surface area contributed by atoms with Crippen LogP contribution in [0.25, 0.3) is 11.0 Å². The predicted molar refractivity (Wildman–Crippen MR) is 85.6 cm³/mol. The van der Waals surface area contributed by atoms with Gasteiger partial charge in [0.1, 0.15) is 5.82 Å². The van der Waals surface area contributed by atoms with Crippen molar-refractivity contribution >= 4 is 22.6 Å². The van der Waals surface area contributed by atoms with Crippen LogP contribution >= 0.6 is 11.6 Å². The molecule has 2 aromatic rings. The highest BCUT2D eigenvalue weighted by molar-refractivity contribution is 6.17. The van der Waals surface area contributed by atoms with E-state index in [0.717, 1.165) is 11.9 Å². The smallest absolute Gasteiger partial charge is 0.111 e. The number of aromatic nitrogens is 2. The molecule has 1 heterocycles. The van der Waals surface area contributed by atoms with Gasteiger partial charge < -0.3 is 4.57 Å². The van der Waals surface area contributed by atoms with Crippen molar-refractivity contribution in [3.8, 4) is 0 Å². The number of para-hydroxylation sites is 1. The van der Waals surface area contributed by atoms with E-state index in [1.807, 2.05) is 0 Å². The maximum Gasteiger partial charge on any atom is 0.111 e. The monoisotopic (exact) mass is 290 g/mol. The number of benzene rings is 1. The van der Waals surface area contributed by atoms with Gasteiger partial charge >= 0.3 is 0 Å².